The molecule has 0 radical (unpaired) electrons. The summed E-state index contributed by atoms with van der Waals surface area (Å²) in [7, 11) is -0.364. The molecule has 0 aliphatic carbocycles. The molecular formula is C11H25NO2Si. The van der Waals surface area contributed by atoms with E-state index in [9.17, 15) is 0 Å². The minimum Gasteiger partial charge on any atom is -0.342 e. The van der Waals surface area contributed by atoms with Crippen LogP contribution >= 0.6 is 0 Å². The fourth-order valence-electron chi connectivity index (χ4n) is 2.34. The van der Waals surface area contributed by atoms with Gasteiger partial charge in [0.15, 0.2) is 5.53 Å². The van der Waals surface area contributed by atoms with Gasteiger partial charge < -0.3 is 9.47 Å². The lowest BCUT2D eigenvalue weighted by molar-refractivity contribution is -0.263. The highest BCUT2D eigenvalue weighted by Crippen LogP contribution is 2.23. The van der Waals surface area contributed by atoms with E-state index >= 15 is 0 Å². The molecule has 0 amide bonds. The average Bonchev–Trinajstić information content (AvgIpc) is 2.30. The summed E-state index contributed by atoms with van der Waals surface area (Å²) in [4.78, 5) is 2.43. The highest BCUT2D eigenvalue weighted by atomic mass is 28.2. The molecule has 1 aliphatic rings. The topological polar surface area (TPSA) is 21.7 Å². The SMILES string of the molecule is CCOC(OCC)([SiH2]C)N1CCCCC1. The van der Waals surface area contributed by atoms with E-state index in [0.29, 0.717) is 0 Å². The second-order valence-corrected chi connectivity index (χ2v) is 5.58. The van der Waals surface area contributed by atoms with Crippen molar-refractivity contribution in [1.29, 1.82) is 0 Å². The highest BCUT2D eigenvalue weighted by Gasteiger charge is 2.36. The summed E-state index contributed by atoms with van der Waals surface area (Å²) >= 11 is 0. The number of ether oxygens (including phenoxy) is 2. The van der Waals surface area contributed by atoms with E-state index in [4.69, 9.17) is 9.47 Å². The fraction of sp³-hybridized carbons (Fsp3) is 1.00. The maximum Gasteiger partial charge on any atom is 0.199 e. The van der Waals surface area contributed by atoms with Gasteiger partial charge in [-0.1, -0.05) is 13.0 Å². The maximum atomic E-state index is 5.92. The van der Waals surface area contributed by atoms with Crippen LogP contribution in [0.2, 0.25) is 6.55 Å². The molecule has 1 heterocycles. The Morgan fingerprint density at radius 3 is 2.00 bits per heavy atom. The lowest BCUT2D eigenvalue weighted by Gasteiger charge is -2.44. The minimum absolute atomic E-state index is 0.316. The largest absolute Gasteiger partial charge is 0.342 e. The monoisotopic (exact) mass is 231 g/mol. The van der Waals surface area contributed by atoms with Crippen LogP contribution in [0.1, 0.15) is 33.1 Å². The zero-order valence-corrected chi connectivity index (χ0v) is 11.8. The van der Waals surface area contributed by atoms with Crippen LogP contribution in [0, 0.1) is 0 Å². The molecule has 4 heteroatoms. The first-order valence-corrected chi connectivity index (χ1v) is 8.44. The fourth-order valence-corrected chi connectivity index (χ4v) is 3.92. The summed E-state index contributed by atoms with van der Waals surface area (Å²) in [6.07, 6.45) is 3.93. The summed E-state index contributed by atoms with van der Waals surface area (Å²) in [5.74, 6) is 0. The van der Waals surface area contributed by atoms with Gasteiger partial charge in [-0.3, -0.25) is 4.90 Å². The van der Waals surface area contributed by atoms with E-state index in [2.05, 4.69) is 25.3 Å². The second-order valence-electron chi connectivity index (χ2n) is 3.98. The van der Waals surface area contributed by atoms with Crippen LogP contribution in [0.5, 0.6) is 0 Å². The first-order chi connectivity index (χ1) is 7.29. The summed E-state index contributed by atoms with van der Waals surface area (Å²) < 4.78 is 11.8. The van der Waals surface area contributed by atoms with Gasteiger partial charge >= 0.3 is 0 Å². The molecule has 1 aliphatic heterocycles. The molecule has 0 aromatic heterocycles. The maximum absolute atomic E-state index is 5.92. The van der Waals surface area contributed by atoms with Crippen molar-refractivity contribution in [1.82, 2.24) is 4.90 Å². The smallest absolute Gasteiger partial charge is 0.199 e. The third kappa shape index (κ3) is 3.28. The van der Waals surface area contributed by atoms with Gasteiger partial charge in [0.2, 0.25) is 0 Å². The lowest BCUT2D eigenvalue weighted by atomic mass is 10.1. The van der Waals surface area contributed by atoms with Crippen molar-refractivity contribution in [3.05, 3.63) is 0 Å². The molecule has 0 atom stereocenters. The Morgan fingerprint density at radius 2 is 1.60 bits per heavy atom. The van der Waals surface area contributed by atoms with Gasteiger partial charge in [0, 0.05) is 26.3 Å². The Balaban J connectivity index is 2.66. The molecule has 90 valence electrons. The zero-order chi connectivity index (χ0) is 11.1. The Labute approximate surface area is 95.9 Å². The summed E-state index contributed by atoms with van der Waals surface area (Å²) in [5, 5.41) is 0. The number of nitrogens with zero attached hydrogens (tertiary/aromatic N) is 1. The molecule has 0 saturated carbocycles. The first kappa shape index (κ1) is 13.2. The molecule has 0 aromatic carbocycles. The predicted octanol–water partition coefficient (Wildman–Crippen LogP) is 1.37. The van der Waals surface area contributed by atoms with Crippen LogP contribution < -0.4 is 0 Å². The van der Waals surface area contributed by atoms with Gasteiger partial charge in [0.1, 0.15) is 9.52 Å². The van der Waals surface area contributed by atoms with Crippen LogP contribution in [0.15, 0.2) is 0 Å². The van der Waals surface area contributed by atoms with E-state index in [0.717, 1.165) is 26.3 Å². The summed E-state index contributed by atoms with van der Waals surface area (Å²) in [5.41, 5.74) is -0.316. The molecule has 1 saturated heterocycles. The van der Waals surface area contributed by atoms with E-state index in [1.807, 2.05) is 0 Å². The van der Waals surface area contributed by atoms with Gasteiger partial charge in [0.05, 0.1) is 0 Å². The van der Waals surface area contributed by atoms with Crippen LogP contribution in [-0.4, -0.2) is 46.3 Å². The van der Waals surface area contributed by atoms with Crippen molar-refractivity contribution in [3.8, 4) is 0 Å². The van der Waals surface area contributed by atoms with E-state index in [-0.39, 0.29) is 15.1 Å². The normalized spacial score (nSPS) is 20.2. The molecule has 1 fully saturated rings. The van der Waals surface area contributed by atoms with Crippen molar-refractivity contribution in [2.45, 2.75) is 45.2 Å². The average molecular weight is 231 g/mol. The Kier molecular flexibility index (Phi) is 5.82. The van der Waals surface area contributed by atoms with Crippen molar-refractivity contribution >= 4 is 9.52 Å². The van der Waals surface area contributed by atoms with Crippen LogP contribution in [0.3, 0.4) is 0 Å². The Bertz CT molecular complexity index is 166. The van der Waals surface area contributed by atoms with Gasteiger partial charge in [-0.15, -0.1) is 0 Å². The minimum atomic E-state index is -0.364. The third-order valence-electron chi connectivity index (χ3n) is 3.02. The quantitative estimate of drug-likeness (QED) is 0.509. The molecular weight excluding hydrogens is 206 g/mol. The van der Waals surface area contributed by atoms with Crippen LogP contribution in [-0.2, 0) is 9.47 Å². The highest BCUT2D eigenvalue weighted by molar-refractivity contribution is 6.36. The second kappa shape index (κ2) is 6.63. The molecule has 0 unspecified atom stereocenters. The number of rotatable bonds is 6. The molecule has 0 spiro atoms. The zero-order valence-electron chi connectivity index (χ0n) is 10.4. The van der Waals surface area contributed by atoms with Gasteiger partial charge in [-0.2, -0.15) is 0 Å². The predicted molar refractivity (Wildman–Crippen MR) is 65.8 cm³/mol. The van der Waals surface area contributed by atoms with Crippen molar-refractivity contribution < 1.29 is 9.47 Å². The lowest BCUT2D eigenvalue weighted by Crippen LogP contribution is -2.58. The van der Waals surface area contributed by atoms with Crippen LogP contribution in [0.25, 0.3) is 0 Å². The van der Waals surface area contributed by atoms with Gasteiger partial charge in [-0.25, -0.2) is 0 Å². The molecule has 15 heavy (non-hydrogen) atoms. The number of likely N-dealkylation sites (tertiary alicyclic amines) is 1. The van der Waals surface area contributed by atoms with E-state index in [1.165, 1.54) is 19.3 Å². The number of hydrogen-bond acceptors (Lipinski definition) is 3. The first-order valence-electron chi connectivity index (χ1n) is 6.32. The molecule has 0 bridgehead atoms. The third-order valence-corrected chi connectivity index (χ3v) is 4.77. The Hall–Kier alpha value is 0.0969. The van der Waals surface area contributed by atoms with Gasteiger partial charge in [-0.05, 0) is 26.7 Å². The summed E-state index contributed by atoms with van der Waals surface area (Å²) in [6, 6.07) is 0. The number of piperidine rings is 1. The van der Waals surface area contributed by atoms with Crippen molar-refractivity contribution in [2.75, 3.05) is 26.3 Å². The molecule has 1 rings (SSSR count). The van der Waals surface area contributed by atoms with Gasteiger partial charge in [0.25, 0.3) is 0 Å². The number of hydrogen-bond donors (Lipinski definition) is 0. The standard InChI is InChI=1S/C11H25NO2Si/c1-4-13-11(15-3,14-5-2)12-9-7-6-8-10-12/h4-10,15H2,1-3H3. The summed E-state index contributed by atoms with van der Waals surface area (Å²) in [6.45, 7) is 10.2. The van der Waals surface area contributed by atoms with E-state index in [1.54, 1.807) is 0 Å². The molecule has 0 aromatic rings. The Morgan fingerprint density at radius 1 is 1.07 bits per heavy atom. The van der Waals surface area contributed by atoms with E-state index < -0.39 is 0 Å². The molecule has 0 N–H and O–H groups in total. The van der Waals surface area contributed by atoms with Crippen molar-refractivity contribution in [2.24, 2.45) is 0 Å². The van der Waals surface area contributed by atoms with Crippen molar-refractivity contribution in [3.63, 3.8) is 0 Å². The van der Waals surface area contributed by atoms with Crippen LogP contribution in [0.4, 0.5) is 0 Å². The molecule has 3 nitrogen and oxygen atoms in total.